The summed E-state index contributed by atoms with van der Waals surface area (Å²) in [6.07, 6.45) is -5.08. The smallest absolute Gasteiger partial charge is 0.237 e. The number of fused-ring (bicyclic) bond motifs is 2. The van der Waals surface area contributed by atoms with E-state index in [0.717, 1.165) is 17.7 Å². The summed E-state index contributed by atoms with van der Waals surface area (Å²) in [6.45, 7) is 26.7. The average molecular weight is 638 g/mol. The first kappa shape index (κ1) is 32.1. The maximum atomic E-state index is 17.1. The van der Waals surface area contributed by atoms with Crippen LogP contribution in [0.2, 0.25) is 0 Å². The van der Waals surface area contributed by atoms with Crippen LogP contribution in [0.25, 0.3) is 48.1 Å². The molecule has 0 spiro atoms. The molecule has 0 bridgehead atoms. The molecule has 3 aromatic carbocycles. The van der Waals surface area contributed by atoms with Gasteiger partial charge in [-0.05, 0) is 65.0 Å². The van der Waals surface area contributed by atoms with Gasteiger partial charge >= 0.3 is 6.18 Å². The highest BCUT2D eigenvalue weighted by Gasteiger charge is 2.44. The zero-order valence-corrected chi connectivity index (χ0v) is 24.5. The Morgan fingerprint density at radius 1 is 0.688 bits per heavy atom. The molecule has 0 N–H and O–H groups in total. The Morgan fingerprint density at radius 2 is 1.23 bits per heavy atom. The predicted octanol–water partition coefficient (Wildman–Crippen LogP) is 9.03. The Balaban J connectivity index is 2.02. The van der Waals surface area contributed by atoms with Crippen LogP contribution < -0.4 is 0 Å². The van der Waals surface area contributed by atoms with Gasteiger partial charge in [0.15, 0.2) is 0 Å². The van der Waals surface area contributed by atoms with Gasteiger partial charge in [-0.2, -0.15) is 23.7 Å². The van der Waals surface area contributed by atoms with E-state index in [2.05, 4.69) is 14.5 Å². The van der Waals surface area contributed by atoms with Crippen molar-refractivity contribution in [1.82, 2.24) is 0 Å². The van der Waals surface area contributed by atoms with Gasteiger partial charge in [0.25, 0.3) is 11.4 Å². The van der Waals surface area contributed by atoms with Gasteiger partial charge in [-0.3, -0.25) is 0 Å². The summed E-state index contributed by atoms with van der Waals surface area (Å²) in [5.74, 6) is -2.80. The molecule has 0 saturated heterocycles. The summed E-state index contributed by atoms with van der Waals surface area (Å²) < 4.78 is 76.1. The second-order valence-corrected chi connectivity index (χ2v) is 10.4. The summed E-state index contributed by atoms with van der Waals surface area (Å²) in [5.41, 5.74) is -8.74. The van der Waals surface area contributed by atoms with Gasteiger partial charge < -0.3 is 0 Å². The van der Waals surface area contributed by atoms with Crippen molar-refractivity contribution in [1.29, 1.82) is 21.0 Å². The Bertz CT molecular complexity index is 2460. The van der Waals surface area contributed by atoms with E-state index in [1.54, 1.807) is 38.1 Å². The van der Waals surface area contributed by atoms with Gasteiger partial charge in [0.05, 0.1) is 54.6 Å². The normalized spacial score (nSPS) is 15.2. The van der Waals surface area contributed by atoms with E-state index in [-0.39, 0.29) is 11.1 Å². The molecule has 12 heteroatoms. The van der Waals surface area contributed by atoms with E-state index in [0.29, 0.717) is 11.6 Å². The number of halogens is 5. The molecule has 5 rings (SSSR count). The molecule has 0 unspecified atom stereocenters. The Morgan fingerprint density at radius 3 is 1.73 bits per heavy atom. The zero-order valence-electron chi connectivity index (χ0n) is 24.5. The first-order valence-electron chi connectivity index (χ1n) is 13.4. The van der Waals surface area contributed by atoms with Crippen molar-refractivity contribution < 1.29 is 22.0 Å². The van der Waals surface area contributed by atoms with Crippen LogP contribution in [0.3, 0.4) is 0 Å². The van der Waals surface area contributed by atoms with Crippen LogP contribution in [-0.2, 0) is 6.18 Å². The molecular formula is C36H12F5N7. The van der Waals surface area contributed by atoms with E-state index in [1.165, 1.54) is 18.2 Å². The van der Waals surface area contributed by atoms with Crippen LogP contribution in [0.5, 0.6) is 0 Å². The summed E-state index contributed by atoms with van der Waals surface area (Å²) in [4.78, 5) is 9.74. The molecule has 226 valence electrons. The summed E-state index contributed by atoms with van der Waals surface area (Å²) in [6, 6.07) is 13.3. The summed E-state index contributed by atoms with van der Waals surface area (Å²) in [5, 5.41) is 39.3. The first-order valence-corrected chi connectivity index (χ1v) is 13.4. The van der Waals surface area contributed by atoms with Gasteiger partial charge in [-0.1, -0.05) is 24.3 Å². The number of nitrogens with zero attached hydrogens (tertiary/aromatic N) is 7. The SMILES string of the molecule is [C-]#[N+]C1=C(c2ccc(C)c(C)c2)/C(=C(/C#N)[N+]#[C-])c2c(F)c3c(c(F)c21)/C(=C(/C#N)[N+]#[C-])C(c1ccc(C#N)c(C(F)(F)F)c1)=C3C#N. The largest absolute Gasteiger partial charge is 0.417 e. The highest BCUT2D eigenvalue weighted by atomic mass is 19.4. The van der Waals surface area contributed by atoms with Gasteiger partial charge in [-0.25, -0.2) is 33.8 Å². The predicted molar refractivity (Wildman–Crippen MR) is 163 cm³/mol. The van der Waals surface area contributed by atoms with Gasteiger partial charge in [-0.15, -0.1) is 0 Å². The van der Waals surface area contributed by atoms with E-state index in [9.17, 15) is 34.2 Å². The standard InChI is InChI=1S/C36H12F5N7/c1-16-6-7-18(10-17(16)2)26-29(24(15-45)47-4)31-32(35(26)48-5)34(38)30-27(33(31)37)21(13-43)25(28(30)23(14-44)46-3)19-8-9-20(12-42)22(11-19)36(39,40)41/h6-11H,1-2H3/b28-23-,29-24+. The van der Waals surface area contributed by atoms with Crippen LogP contribution in [0.15, 0.2) is 47.8 Å². The topological polar surface area (TPSA) is 108 Å². The Kier molecular flexibility index (Phi) is 7.74. The van der Waals surface area contributed by atoms with Crippen molar-refractivity contribution in [3.63, 3.8) is 0 Å². The molecule has 0 aromatic heterocycles. The lowest BCUT2D eigenvalue weighted by Crippen LogP contribution is -2.08. The van der Waals surface area contributed by atoms with Gasteiger partial charge in [0.1, 0.15) is 17.7 Å². The minimum absolute atomic E-state index is 0.141. The van der Waals surface area contributed by atoms with Crippen molar-refractivity contribution in [2.24, 2.45) is 0 Å². The number of hydrogen-bond acceptors (Lipinski definition) is 4. The third kappa shape index (κ3) is 4.49. The number of nitriles is 4. The number of hydrogen-bond donors (Lipinski definition) is 0. The van der Waals surface area contributed by atoms with Crippen molar-refractivity contribution >= 4 is 33.6 Å². The van der Waals surface area contributed by atoms with Crippen LogP contribution in [-0.4, -0.2) is 0 Å². The van der Waals surface area contributed by atoms with E-state index in [1.807, 2.05) is 0 Å². The molecule has 0 atom stereocenters. The summed E-state index contributed by atoms with van der Waals surface area (Å²) in [7, 11) is 0. The third-order valence-electron chi connectivity index (χ3n) is 8.01. The molecule has 0 amide bonds. The quantitative estimate of drug-likeness (QED) is 0.159. The second-order valence-electron chi connectivity index (χ2n) is 10.4. The van der Waals surface area contributed by atoms with Crippen molar-refractivity contribution in [2.75, 3.05) is 0 Å². The number of allylic oxidation sites excluding steroid dienone is 7. The Hall–Kier alpha value is -7.30. The Labute approximate surface area is 270 Å². The van der Waals surface area contributed by atoms with Crippen LogP contribution in [0.4, 0.5) is 22.0 Å². The third-order valence-corrected chi connectivity index (χ3v) is 8.01. The lowest BCUT2D eigenvalue weighted by atomic mass is 9.90. The zero-order chi connectivity index (χ0) is 35.2. The monoisotopic (exact) mass is 637 g/mol. The molecule has 0 saturated carbocycles. The maximum Gasteiger partial charge on any atom is 0.417 e. The minimum atomic E-state index is -5.08. The van der Waals surface area contributed by atoms with Gasteiger partial charge in [0, 0.05) is 27.8 Å². The van der Waals surface area contributed by atoms with Crippen LogP contribution in [0.1, 0.15) is 55.6 Å². The molecule has 7 nitrogen and oxygen atoms in total. The molecule has 48 heavy (non-hydrogen) atoms. The number of rotatable bonds is 2. The van der Waals surface area contributed by atoms with E-state index >= 15 is 8.78 Å². The van der Waals surface area contributed by atoms with Crippen LogP contribution >= 0.6 is 0 Å². The van der Waals surface area contributed by atoms with Crippen molar-refractivity contribution in [2.45, 2.75) is 20.0 Å². The molecular weight excluding hydrogens is 625 g/mol. The van der Waals surface area contributed by atoms with E-state index in [4.69, 9.17) is 19.7 Å². The number of benzene rings is 3. The lowest BCUT2D eigenvalue weighted by molar-refractivity contribution is -0.137. The molecule has 0 heterocycles. The van der Waals surface area contributed by atoms with Crippen molar-refractivity contribution in [3.8, 4) is 24.3 Å². The fourth-order valence-electron chi connectivity index (χ4n) is 5.83. The highest BCUT2D eigenvalue weighted by Crippen LogP contribution is 2.58. The molecule has 0 aliphatic heterocycles. The summed E-state index contributed by atoms with van der Waals surface area (Å²) >= 11 is 0. The average Bonchev–Trinajstić information content (AvgIpc) is 3.60. The van der Waals surface area contributed by atoms with Crippen LogP contribution in [0, 0.1) is 90.5 Å². The molecule has 3 aromatic rings. The van der Waals surface area contributed by atoms with Gasteiger partial charge in [0.2, 0.25) is 5.70 Å². The molecule has 0 radical (unpaired) electrons. The fraction of sp³-hybridized carbons (Fsp3) is 0.0833. The van der Waals surface area contributed by atoms with Crippen molar-refractivity contribution in [3.05, 3.63) is 149 Å². The number of alkyl halides is 3. The van der Waals surface area contributed by atoms with E-state index < -0.39 is 96.1 Å². The maximum absolute atomic E-state index is 17.1. The molecule has 2 aliphatic rings. The minimum Gasteiger partial charge on any atom is -0.237 e. The number of aryl methyl sites for hydroxylation is 2. The molecule has 0 fully saturated rings. The second kappa shape index (κ2) is 11.6. The highest BCUT2D eigenvalue weighted by molar-refractivity contribution is 6.29. The fourth-order valence-corrected chi connectivity index (χ4v) is 5.83. The first-order chi connectivity index (χ1) is 22.8. The lowest BCUT2D eigenvalue weighted by Gasteiger charge is -2.15. The molecule has 2 aliphatic carbocycles.